The molecule has 1 rings (SSSR count). The Morgan fingerprint density at radius 2 is 2.23 bits per heavy atom. The van der Waals surface area contributed by atoms with Gasteiger partial charge in [0.25, 0.3) is 0 Å². The van der Waals surface area contributed by atoms with Crippen LogP contribution in [0, 0.1) is 0 Å². The SMILES string of the molecule is NC1=NC(Cl)=NC(Cl)N1OC(F)F. The molecule has 0 amide bonds. The molecule has 0 aromatic heterocycles. The molecule has 13 heavy (non-hydrogen) atoms. The molecule has 2 N–H and O–H groups in total. The van der Waals surface area contributed by atoms with E-state index in [9.17, 15) is 8.78 Å². The van der Waals surface area contributed by atoms with Crippen molar-refractivity contribution in [2.24, 2.45) is 15.7 Å². The normalized spacial score (nSPS) is 23.2. The van der Waals surface area contributed by atoms with Crippen LogP contribution in [0.5, 0.6) is 0 Å². The Kier molecular flexibility index (Phi) is 3.23. The minimum atomic E-state index is -3.05. The predicted molar refractivity (Wildman–Crippen MR) is 43.5 cm³/mol. The van der Waals surface area contributed by atoms with Gasteiger partial charge in [0.2, 0.25) is 16.9 Å². The van der Waals surface area contributed by atoms with Gasteiger partial charge in [-0.25, -0.2) is 4.99 Å². The Balaban J connectivity index is 2.72. The van der Waals surface area contributed by atoms with Gasteiger partial charge < -0.3 is 5.73 Å². The van der Waals surface area contributed by atoms with Crippen LogP contribution in [0.1, 0.15) is 0 Å². The van der Waals surface area contributed by atoms with Gasteiger partial charge >= 0.3 is 6.61 Å². The molecule has 0 saturated heterocycles. The minimum Gasteiger partial charge on any atom is -0.368 e. The summed E-state index contributed by atoms with van der Waals surface area (Å²) < 4.78 is 23.5. The summed E-state index contributed by atoms with van der Waals surface area (Å²) in [7, 11) is 0. The highest BCUT2D eigenvalue weighted by Crippen LogP contribution is 2.15. The van der Waals surface area contributed by atoms with Crippen LogP contribution in [0.4, 0.5) is 8.78 Å². The number of guanidine groups is 1. The molecule has 1 heterocycles. The van der Waals surface area contributed by atoms with Crippen molar-refractivity contribution >= 4 is 34.5 Å². The monoisotopic (exact) mass is 232 g/mol. The van der Waals surface area contributed by atoms with E-state index in [1.54, 1.807) is 0 Å². The largest absolute Gasteiger partial charge is 0.368 e. The second-order valence-electron chi connectivity index (χ2n) is 1.87. The molecule has 0 spiro atoms. The van der Waals surface area contributed by atoms with Gasteiger partial charge in [-0.05, 0) is 11.6 Å². The van der Waals surface area contributed by atoms with Gasteiger partial charge in [0.1, 0.15) is 0 Å². The van der Waals surface area contributed by atoms with Crippen LogP contribution in [0.15, 0.2) is 9.98 Å². The van der Waals surface area contributed by atoms with Crippen LogP contribution in [0.25, 0.3) is 0 Å². The average Bonchev–Trinajstić information content (AvgIpc) is 1.96. The van der Waals surface area contributed by atoms with Crippen molar-refractivity contribution in [1.82, 2.24) is 5.06 Å². The van der Waals surface area contributed by atoms with Crippen LogP contribution in [0.2, 0.25) is 0 Å². The number of hydroxylamine groups is 2. The summed E-state index contributed by atoms with van der Waals surface area (Å²) >= 11 is 10.8. The molecular weight excluding hydrogens is 229 g/mol. The lowest BCUT2D eigenvalue weighted by molar-refractivity contribution is -0.254. The minimum absolute atomic E-state index is 0.216. The molecular formula is C4H4Cl2F2N4O. The van der Waals surface area contributed by atoms with E-state index in [1.165, 1.54) is 0 Å². The summed E-state index contributed by atoms with van der Waals surface area (Å²) in [5.41, 5.74) is 3.94. The number of hydrogen-bond acceptors (Lipinski definition) is 5. The number of nitrogens with zero attached hydrogens (tertiary/aromatic N) is 3. The predicted octanol–water partition coefficient (Wildman–Crippen LogP) is 0.888. The lowest BCUT2D eigenvalue weighted by Crippen LogP contribution is -2.45. The van der Waals surface area contributed by atoms with Crippen LogP contribution in [-0.2, 0) is 4.84 Å². The lowest BCUT2D eigenvalue weighted by Gasteiger charge is -2.25. The molecule has 0 fully saturated rings. The quantitative estimate of drug-likeness (QED) is 0.568. The van der Waals surface area contributed by atoms with E-state index in [4.69, 9.17) is 28.9 Å². The Bertz CT molecular complexity index is 259. The molecule has 0 aromatic rings. The summed E-state index contributed by atoms with van der Waals surface area (Å²) in [6.45, 7) is -3.05. The second-order valence-corrected chi connectivity index (χ2v) is 2.60. The molecule has 0 radical (unpaired) electrons. The van der Waals surface area contributed by atoms with Gasteiger partial charge in [-0.3, -0.25) is 0 Å². The van der Waals surface area contributed by atoms with Gasteiger partial charge in [-0.15, -0.1) is 0 Å². The number of rotatable bonds is 2. The molecule has 0 saturated carbocycles. The van der Waals surface area contributed by atoms with Gasteiger partial charge in [-0.2, -0.15) is 23.7 Å². The number of hydrogen-bond donors (Lipinski definition) is 1. The summed E-state index contributed by atoms with van der Waals surface area (Å²) in [5.74, 6) is -0.375. The fourth-order valence-electron chi connectivity index (χ4n) is 0.612. The highest BCUT2D eigenvalue weighted by molar-refractivity contribution is 6.66. The Labute approximate surface area is 81.7 Å². The van der Waals surface area contributed by atoms with Gasteiger partial charge in [0.15, 0.2) is 0 Å². The van der Waals surface area contributed by atoms with Crippen molar-refractivity contribution in [2.75, 3.05) is 0 Å². The van der Waals surface area contributed by atoms with Crippen LogP contribution in [0.3, 0.4) is 0 Å². The molecule has 0 aliphatic carbocycles. The summed E-state index contributed by atoms with van der Waals surface area (Å²) in [5, 5.41) is 0.240. The van der Waals surface area contributed by atoms with Crippen LogP contribution in [-0.4, -0.2) is 28.6 Å². The first-order valence-corrected chi connectivity index (χ1v) is 3.78. The van der Waals surface area contributed by atoms with E-state index in [0.717, 1.165) is 0 Å². The summed E-state index contributed by atoms with van der Waals surface area (Å²) in [4.78, 5) is 10.7. The molecule has 0 aromatic carbocycles. The first-order valence-electron chi connectivity index (χ1n) is 2.96. The molecule has 74 valence electrons. The van der Waals surface area contributed by atoms with Crippen LogP contribution < -0.4 is 5.73 Å². The summed E-state index contributed by atoms with van der Waals surface area (Å²) in [6.07, 6.45) is 0. The van der Waals surface area contributed by atoms with Crippen LogP contribution >= 0.6 is 23.2 Å². The van der Waals surface area contributed by atoms with Crippen molar-refractivity contribution in [2.45, 2.75) is 12.2 Å². The van der Waals surface area contributed by atoms with Crippen molar-refractivity contribution in [3.8, 4) is 0 Å². The molecule has 5 nitrogen and oxygen atoms in total. The van der Waals surface area contributed by atoms with E-state index in [-0.39, 0.29) is 11.3 Å². The van der Waals surface area contributed by atoms with Crippen molar-refractivity contribution < 1.29 is 13.6 Å². The van der Waals surface area contributed by atoms with E-state index in [2.05, 4.69) is 14.8 Å². The lowest BCUT2D eigenvalue weighted by atomic mass is 10.8. The smallest absolute Gasteiger partial charge is 0.365 e. The number of amidine groups is 1. The maximum atomic E-state index is 11.7. The zero-order valence-electron chi connectivity index (χ0n) is 5.99. The third-order valence-corrected chi connectivity index (χ3v) is 1.49. The number of nitrogens with two attached hydrogens (primary N) is 1. The Morgan fingerprint density at radius 1 is 1.62 bits per heavy atom. The molecule has 1 aliphatic heterocycles. The fraction of sp³-hybridized carbons (Fsp3) is 0.500. The second kappa shape index (κ2) is 4.03. The van der Waals surface area contributed by atoms with Gasteiger partial charge in [-0.1, -0.05) is 11.6 Å². The van der Waals surface area contributed by atoms with Crippen molar-refractivity contribution in [1.29, 1.82) is 0 Å². The van der Waals surface area contributed by atoms with Gasteiger partial charge in [0.05, 0.1) is 0 Å². The number of aliphatic imine (C=N–C) groups is 2. The Morgan fingerprint density at radius 3 is 2.69 bits per heavy atom. The van der Waals surface area contributed by atoms with Crippen molar-refractivity contribution in [3.63, 3.8) is 0 Å². The molecule has 9 heteroatoms. The third kappa shape index (κ3) is 2.64. The molecule has 0 bridgehead atoms. The van der Waals surface area contributed by atoms with Crippen molar-refractivity contribution in [3.05, 3.63) is 0 Å². The number of alkyl halides is 3. The van der Waals surface area contributed by atoms with E-state index < -0.39 is 12.2 Å². The molecule has 1 aliphatic rings. The van der Waals surface area contributed by atoms with E-state index >= 15 is 0 Å². The fourth-order valence-corrected chi connectivity index (χ4v) is 1.08. The average molecular weight is 233 g/mol. The van der Waals surface area contributed by atoms with E-state index in [0.29, 0.717) is 5.06 Å². The topological polar surface area (TPSA) is 63.2 Å². The zero-order valence-corrected chi connectivity index (χ0v) is 7.51. The standard InChI is InChI=1S/C4H4Cl2F2N4O/c5-1-10-2(6)12(4(9)11-1)13-3(7)8/h2-3H,(H2,9,10,11). The van der Waals surface area contributed by atoms with E-state index in [1.807, 2.05) is 0 Å². The number of halogens is 4. The van der Waals surface area contributed by atoms with Gasteiger partial charge in [0, 0.05) is 0 Å². The maximum Gasteiger partial charge on any atom is 0.365 e. The zero-order chi connectivity index (χ0) is 10.0. The molecule has 1 unspecified atom stereocenters. The third-order valence-electron chi connectivity index (χ3n) is 1.03. The maximum absolute atomic E-state index is 11.7. The first-order chi connectivity index (χ1) is 6.00. The Hall–Kier alpha value is -0.660. The highest BCUT2D eigenvalue weighted by Gasteiger charge is 2.26. The molecule has 1 atom stereocenters. The summed E-state index contributed by atoms with van der Waals surface area (Å²) in [6, 6.07) is 0. The first kappa shape index (κ1) is 10.4. The highest BCUT2D eigenvalue weighted by atomic mass is 35.5.